The summed E-state index contributed by atoms with van der Waals surface area (Å²) in [5.74, 6) is -2.52. The fourth-order valence-electron chi connectivity index (χ4n) is 11.5. The van der Waals surface area contributed by atoms with Crippen molar-refractivity contribution in [2.75, 3.05) is 13.1 Å². The molecule has 16 atom stereocenters. The molecule has 8 heterocycles. The first-order valence-electron chi connectivity index (χ1n) is 21.5. The van der Waals surface area contributed by atoms with E-state index in [9.17, 15) is 19.2 Å². The number of rotatable bonds is 12. The Hall–Kier alpha value is -2.44. The van der Waals surface area contributed by atoms with E-state index in [1.54, 1.807) is 0 Å². The van der Waals surface area contributed by atoms with Gasteiger partial charge in [0.1, 0.15) is 0 Å². The van der Waals surface area contributed by atoms with Gasteiger partial charge in [-0.3, -0.25) is 19.2 Å². The minimum atomic E-state index is -0.926. The largest absolute Gasteiger partial charge is 0.435 e. The molecule has 0 aromatic rings. The number of nitrogens with one attached hydrogen (secondary N) is 2. The van der Waals surface area contributed by atoms with Crippen LogP contribution in [0.1, 0.15) is 125 Å². The SMILES string of the molecule is C[C@H]1[C@H](OC(=O)CCC(=O)NCCCNC(=O)CCC(=O)O[C@@H]2O[C@@H]3O[C@@]4(C)CC[C@@H]5[C@H](C)CC[C@@H]([C@H]2C)[C@@]35OO4)O[C@@H]2O[C@@]3(C)CC[C@H]4[C@H](C)CC[C@H]1[C@@]24OO3. The minimum absolute atomic E-state index is 0.0231. The highest BCUT2D eigenvalue weighted by molar-refractivity contribution is 5.82. The van der Waals surface area contributed by atoms with Crippen molar-refractivity contribution in [2.24, 2.45) is 47.3 Å². The zero-order valence-electron chi connectivity index (χ0n) is 34.3. The number of esters is 2. The molecule has 8 saturated heterocycles. The summed E-state index contributed by atoms with van der Waals surface area (Å²) in [5, 5.41) is 5.56. The predicted octanol–water partition coefficient (Wildman–Crippen LogP) is 4.67. The highest BCUT2D eigenvalue weighted by atomic mass is 17.3. The molecule has 0 radical (unpaired) electrons. The molecule has 0 aromatic carbocycles. The molecule has 4 bridgehead atoms. The van der Waals surface area contributed by atoms with Crippen LogP contribution in [0.25, 0.3) is 0 Å². The van der Waals surface area contributed by atoms with Crippen molar-refractivity contribution in [3.8, 4) is 0 Å². The van der Waals surface area contributed by atoms with E-state index in [1.807, 2.05) is 27.7 Å². The molecule has 8 aliphatic heterocycles. The number of hydrogen-bond donors (Lipinski definition) is 2. The van der Waals surface area contributed by atoms with Gasteiger partial charge in [-0.05, 0) is 82.5 Å². The number of hydrogen-bond acceptors (Lipinski definition) is 14. The van der Waals surface area contributed by atoms with Crippen LogP contribution in [-0.2, 0) is 67.1 Å². The van der Waals surface area contributed by atoms with Crippen molar-refractivity contribution in [1.82, 2.24) is 10.6 Å². The first-order valence-corrected chi connectivity index (χ1v) is 21.5. The van der Waals surface area contributed by atoms with Crippen LogP contribution in [0, 0.1) is 47.3 Å². The molecule has 10 aliphatic rings. The molecule has 2 spiro atoms. The lowest BCUT2D eigenvalue weighted by Crippen LogP contribution is -2.70. The molecule has 0 aromatic heterocycles. The summed E-state index contributed by atoms with van der Waals surface area (Å²) in [7, 11) is 0. The van der Waals surface area contributed by atoms with Gasteiger partial charge in [0, 0.05) is 62.4 Å². The van der Waals surface area contributed by atoms with Gasteiger partial charge in [-0.2, -0.15) is 0 Å². The Kier molecular flexibility index (Phi) is 11.5. The van der Waals surface area contributed by atoms with Crippen molar-refractivity contribution in [3.63, 3.8) is 0 Å². The van der Waals surface area contributed by atoms with Crippen LogP contribution in [-0.4, -0.2) is 84.8 Å². The molecule has 2 amide bonds. The summed E-state index contributed by atoms with van der Waals surface area (Å²) in [4.78, 5) is 74.9. The summed E-state index contributed by atoms with van der Waals surface area (Å²) in [5.41, 5.74) is -1.49. The van der Waals surface area contributed by atoms with Crippen molar-refractivity contribution in [1.29, 1.82) is 0 Å². The van der Waals surface area contributed by atoms with Gasteiger partial charge in [0.05, 0.1) is 12.8 Å². The second-order valence-electron chi connectivity index (χ2n) is 18.6. The molecule has 10 rings (SSSR count). The minimum Gasteiger partial charge on any atom is -0.435 e. The lowest BCUT2D eigenvalue weighted by Gasteiger charge is -2.59. The van der Waals surface area contributed by atoms with Crippen LogP contribution < -0.4 is 10.6 Å². The highest BCUT2D eigenvalue weighted by Gasteiger charge is 2.71. The van der Waals surface area contributed by atoms with Crippen molar-refractivity contribution in [3.05, 3.63) is 0 Å². The Labute approximate surface area is 334 Å². The molecule has 57 heavy (non-hydrogen) atoms. The standard InChI is InChI=1S/C41H62N2O14/c1-22-8-10-28-24(3)34(50-36-40(28)26(22)16-18-38(5,52-36)54-56-40)48-32(46)14-12-30(44)42-20-7-21-43-31(45)13-15-33(47)49-35-25(4)29-11-9-23(2)27-17-19-39(6)53-37(51-35)41(27,29)57-55-39/h22-29,34-37H,7-21H2,1-6H3,(H,42,44)(H,43,45)/t22-,23-,24-,25-,26-,27+,28+,29-,34-,35-,36-,37-,38-,39-,40-,41-/m1/s1. The van der Waals surface area contributed by atoms with Gasteiger partial charge >= 0.3 is 11.9 Å². The highest BCUT2D eigenvalue weighted by Crippen LogP contribution is 2.62. The number of ether oxygens (including phenoxy) is 6. The third-order valence-corrected chi connectivity index (χ3v) is 14.8. The van der Waals surface area contributed by atoms with Gasteiger partial charge in [-0.15, -0.1) is 0 Å². The summed E-state index contributed by atoms with van der Waals surface area (Å²) >= 11 is 0. The zero-order chi connectivity index (χ0) is 40.3. The summed E-state index contributed by atoms with van der Waals surface area (Å²) < 4.78 is 36.9. The van der Waals surface area contributed by atoms with Gasteiger partial charge in [0.25, 0.3) is 0 Å². The first kappa shape index (κ1) is 41.3. The van der Waals surface area contributed by atoms with Gasteiger partial charge in [0.2, 0.25) is 36.0 Å². The van der Waals surface area contributed by atoms with E-state index < -0.39 is 59.9 Å². The molecule has 0 unspecified atom stereocenters. The maximum Gasteiger partial charge on any atom is 0.308 e. The Morgan fingerprint density at radius 3 is 1.40 bits per heavy atom. The normalized spacial score (nSPS) is 46.7. The van der Waals surface area contributed by atoms with Gasteiger partial charge < -0.3 is 39.1 Å². The van der Waals surface area contributed by atoms with Crippen LogP contribution in [0.5, 0.6) is 0 Å². The van der Waals surface area contributed by atoms with Crippen LogP contribution in [0.4, 0.5) is 0 Å². The van der Waals surface area contributed by atoms with E-state index in [-0.39, 0.29) is 73.0 Å². The van der Waals surface area contributed by atoms with Crippen LogP contribution in [0.3, 0.4) is 0 Å². The maximum absolute atomic E-state index is 12.9. The molecule has 2 saturated carbocycles. The van der Waals surface area contributed by atoms with E-state index in [4.69, 9.17) is 48.0 Å². The molecule has 2 N–H and O–H groups in total. The monoisotopic (exact) mass is 806 g/mol. The van der Waals surface area contributed by atoms with Gasteiger partial charge in [-0.25, -0.2) is 19.6 Å². The van der Waals surface area contributed by atoms with Crippen LogP contribution in [0.2, 0.25) is 0 Å². The number of amides is 2. The van der Waals surface area contributed by atoms with Crippen molar-refractivity contribution >= 4 is 23.8 Å². The third-order valence-electron chi connectivity index (χ3n) is 14.8. The van der Waals surface area contributed by atoms with E-state index in [0.717, 1.165) is 38.5 Å². The third kappa shape index (κ3) is 7.52. The molecule has 16 heteroatoms. The first-order chi connectivity index (χ1) is 27.2. The molecule has 2 aliphatic carbocycles. The van der Waals surface area contributed by atoms with E-state index in [0.29, 0.717) is 44.2 Å². The van der Waals surface area contributed by atoms with E-state index >= 15 is 0 Å². The topological polar surface area (TPSA) is 185 Å². The second kappa shape index (κ2) is 15.9. The lowest BCUT2D eigenvalue weighted by atomic mass is 9.58. The lowest BCUT2D eigenvalue weighted by molar-refractivity contribution is -0.576. The Bertz CT molecular complexity index is 1440. The Morgan fingerprint density at radius 2 is 0.982 bits per heavy atom. The summed E-state index contributed by atoms with van der Waals surface area (Å²) in [6.07, 6.45) is 4.09. The molecule has 16 nitrogen and oxygen atoms in total. The molecule has 320 valence electrons. The number of fused-ring (bicyclic) bond motifs is 4. The quantitative estimate of drug-likeness (QED) is 0.158. The van der Waals surface area contributed by atoms with Gasteiger partial charge in [0.15, 0.2) is 23.8 Å². The summed E-state index contributed by atoms with van der Waals surface area (Å²) in [6.45, 7) is 12.8. The van der Waals surface area contributed by atoms with Crippen molar-refractivity contribution < 1.29 is 67.1 Å². The van der Waals surface area contributed by atoms with Crippen LogP contribution >= 0.6 is 0 Å². The zero-order valence-corrected chi connectivity index (χ0v) is 34.3. The van der Waals surface area contributed by atoms with Gasteiger partial charge in [-0.1, -0.05) is 27.7 Å². The fourth-order valence-corrected chi connectivity index (χ4v) is 11.5. The molecular weight excluding hydrogens is 744 g/mol. The fraction of sp³-hybridized carbons (Fsp3) is 0.902. The predicted molar refractivity (Wildman–Crippen MR) is 195 cm³/mol. The van der Waals surface area contributed by atoms with E-state index in [2.05, 4.69) is 24.5 Å². The second-order valence-corrected chi connectivity index (χ2v) is 18.6. The number of carbonyl (C=O) groups is 4. The Balaban J connectivity index is 0.716. The average molecular weight is 807 g/mol. The van der Waals surface area contributed by atoms with Crippen LogP contribution in [0.15, 0.2) is 0 Å². The summed E-state index contributed by atoms with van der Waals surface area (Å²) in [6, 6.07) is 0. The smallest absolute Gasteiger partial charge is 0.308 e. The molecule has 10 fully saturated rings. The molecular formula is C41H62N2O14. The average Bonchev–Trinajstić information content (AvgIpc) is 3.55. The Morgan fingerprint density at radius 1 is 0.561 bits per heavy atom. The maximum atomic E-state index is 12.9. The van der Waals surface area contributed by atoms with Crippen molar-refractivity contribution in [2.45, 2.75) is 173 Å². The number of carbonyl (C=O) groups excluding carboxylic acids is 4. The van der Waals surface area contributed by atoms with E-state index in [1.165, 1.54) is 0 Å².